The number of hydrogen-bond acceptors (Lipinski definition) is 0. The molecule has 0 spiro atoms. The first kappa shape index (κ1) is 9.06. The van der Waals surface area contributed by atoms with Crippen LogP contribution in [-0.4, -0.2) is 35.7 Å². The third-order valence-corrected chi connectivity index (χ3v) is 0. The third-order valence-electron chi connectivity index (χ3n) is 0. The van der Waals surface area contributed by atoms with Gasteiger partial charge in [0.1, 0.15) is 0 Å². The summed E-state index contributed by atoms with van der Waals surface area (Å²) in [6, 6.07) is 0. The molecule has 0 aromatic heterocycles. The van der Waals surface area contributed by atoms with Crippen molar-refractivity contribution in [2.24, 2.45) is 0 Å². The maximum absolute atomic E-state index is 2.58. The molecule has 0 fully saturated rings. The van der Waals surface area contributed by atoms with Gasteiger partial charge in [0.2, 0.25) is 0 Å². The second kappa shape index (κ2) is 8.83. The summed E-state index contributed by atoms with van der Waals surface area (Å²) >= 11 is 0. The molecule has 21 valence electrons. The molecule has 0 rings (SSSR count). The summed E-state index contributed by atoms with van der Waals surface area (Å²) in [5.74, 6) is 0. The first-order valence-corrected chi connectivity index (χ1v) is 1.93. The van der Waals surface area contributed by atoms with E-state index in [0.29, 0.717) is 0 Å². The van der Waals surface area contributed by atoms with Crippen molar-refractivity contribution in [1.82, 2.24) is 0 Å². The van der Waals surface area contributed by atoms with Crippen LogP contribution in [0, 0.1) is 0 Å². The average Bonchev–Trinajstić information content (AvgIpc) is 0.918. The van der Waals surface area contributed by atoms with Crippen LogP contribution < -0.4 is 0 Å². The SMILES string of the molecule is CCP.[Na]. The maximum Gasteiger partial charge on any atom is 0 e. The zero-order valence-electron chi connectivity index (χ0n) is 3.28. The Bertz CT molecular complexity index is 6.00. The van der Waals surface area contributed by atoms with E-state index in [1.54, 1.807) is 0 Å². The smallest absolute Gasteiger partial charge is 0 e. The minimum atomic E-state index is 0. The maximum atomic E-state index is 2.58. The second-order valence-corrected chi connectivity index (χ2v) is 1.22. The van der Waals surface area contributed by atoms with E-state index >= 15 is 0 Å². The summed E-state index contributed by atoms with van der Waals surface area (Å²) < 4.78 is 0. The van der Waals surface area contributed by atoms with Gasteiger partial charge in [-0.15, -0.1) is 9.24 Å². The summed E-state index contributed by atoms with van der Waals surface area (Å²) in [4.78, 5) is 0. The van der Waals surface area contributed by atoms with Gasteiger partial charge in [0, 0.05) is 29.6 Å². The Morgan fingerprint density at radius 1 is 1.75 bits per heavy atom. The van der Waals surface area contributed by atoms with E-state index in [-0.39, 0.29) is 29.6 Å². The van der Waals surface area contributed by atoms with Crippen molar-refractivity contribution in [2.75, 3.05) is 6.16 Å². The van der Waals surface area contributed by atoms with Gasteiger partial charge in [-0.2, -0.15) is 0 Å². The molecular weight excluding hydrogens is 78.0 g/mol. The van der Waals surface area contributed by atoms with Crippen LogP contribution in [0.5, 0.6) is 0 Å². The predicted molar refractivity (Wildman–Crippen MR) is 26.0 cm³/mol. The number of rotatable bonds is 0. The molecule has 0 nitrogen and oxygen atoms in total. The molecule has 0 aromatic carbocycles. The molecule has 2 heteroatoms. The van der Waals surface area contributed by atoms with Gasteiger partial charge in [0.25, 0.3) is 0 Å². The Morgan fingerprint density at radius 3 is 1.75 bits per heavy atom. The van der Waals surface area contributed by atoms with Crippen molar-refractivity contribution in [3.63, 3.8) is 0 Å². The molecule has 0 aliphatic carbocycles. The van der Waals surface area contributed by atoms with E-state index in [2.05, 4.69) is 16.2 Å². The van der Waals surface area contributed by atoms with E-state index in [1.165, 1.54) is 6.16 Å². The topological polar surface area (TPSA) is 0 Å². The summed E-state index contributed by atoms with van der Waals surface area (Å²) in [5, 5.41) is 0. The third kappa shape index (κ3) is 9.90. The van der Waals surface area contributed by atoms with Crippen molar-refractivity contribution in [3.05, 3.63) is 0 Å². The van der Waals surface area contributed by atoms with E-state index in [1.807, 2.05) is 0 Å². The fourth-order valence-corrected chi connectivity index (χ4v) is 0. The molecule has 1 unspecified atom stereocenters. The minimum Gasteiger partial charge on any atom is -0.138 e. The van der Waals surface area contributed by atoms with Crippen molar-refractivity contribution >= 4 is 38.8 Å². The Morgan fingerprint density at radius 2 is 1.75 bits per heavy atom. The van der Waals surface area contributed by atoms with Crippen molar-refractivity contribution in [2.45, 2.75) is 6.92 Å². The van der Waals surface area contributed by atoms with Gasteiger partial charge in [-0.25, -0.2) is 0 Å². The molecule has 1 atom stereocenters. The van der Waals surface area contributed by atoms with Gasteiger partial charge in [-0.05, 0) is 6.16 Å². The molecule has 0 aliphatic rings. The first-order chi connectivity index (χ1) is 1.41. The van der Waals surface area contributed by atoms with Crippen LogP contribution in [0.3, 0.4) is 0 Å². The zero-order chi connectivity index (χ0) is 2.71. The van der Waals surface area contributed by atoms with Gasteiger partial charge in [-0.1, -0.05) is 6.92 Å². The van der Waals surface area contributed by atoms with Crippen LogP contribution in [0.25, 0.3) is 0 Å². The predicted octanol–water partition coefficient (Wildman–Crippen LogP) is 0.501. The molecule has 0 heterocycles. The number of hydrogen-bond donors (Lipinski definition) is 0. The van der Waals surface area contributed by atoms with Gasteiger partial charge in [0.15, 0.2) is 0 Å². The van der Waals surface area contributed by atoms with Crippen LogP contribution in [0.2, 0.25) is 0 Å². The monoisotopic (exact) mass is 85.0 g/mol. The van der Waals surface area contributed by atoms with Crippen LogP contribution in [0.15, 0.2) is 0 Å². The van der Waals surface area contributed by atoms with Crippen LogP contribution in [-0.2, 0) is 0 Å². The van der Waals surface area contributed by atoms with E-state index in [4.69, 9.17) is 0 Å². The molecule has 0 aromatic rings. The Hall–Kier alpha value is 1.43. The quantitative estimate of drug-likeness (QED) is 0.297. The molecule has 0 N–H and O–H groups in total. The van der Waals surface area contributed by atoms with Gasteiger partial charge < -0.3 is 0 Å². The van der Waals surface area contributed by atoms with Crippen LogP contribution in [0.4, 0.5) is 0 Å². The molecule has 1 radical (unpaired) electrons. The summed E-state index contributed by atoms with van der Waals surface area (Å²) in [5.41, 5.74) is 0. The van der Waals surface area contributed by atoms with E-state index in [9.17, 15) is 0 Å². The molecule has 0 amide bonds. The van der Waals surface area contributed by atoms with Crippen molar-refractivity contribution in [3.8, 4) is 0 Å². The van der Waals surface area contributed by atoms with E-state index in [0.717, 1.165) is 0 Å². The molecule has 0 saturated carbocycles. The van der Waals surface area contributed by atoms with E-state index < -0.39 is 0 Å². The van der Waals surface area contributed by atoms with Gasteiger partial charge in [-0.3, -0.25) is 0 Å². The summed E-state index contributed by atoms with van der Waals surface area (Å²) in [7, 11) is 2.58. The van der Waals surface area contributed by atoms with Gasteiger partial charge >= 0.3 is 0 Å². The minimum absolute atomic E-state index is 0. The Kier molecular flexibility index (Phi) is 20.0. The Labute approximate surface area is 51.8 Å². The second-order valence-electron chi connectivity index (χ2n) is 0.408. The Balaban J connectivity index is 0. The fraction of sp³-hybridized carbons (Fsp3) is 1.00. The molecular formula is C2H7NaP. The van der Waals surface area contributed by atoms with Crippen LogP contribution in [0.1, 0.15) is 6.92 Å². The normalized spacial score (nSPS) is 4.50. The molecule has 0 saturated heterocycles. The standard InChI is InChI=1S/C2H7P.Na/c1-2-3;/h2-3H2,1H3;. The molecule has 4 heavy (non-hydrogen) atoms. The molecule has 0 bridgehead atoms. The average molecular weight is 85.0 g/mol. The summed E-state index contributed by atoms with van der Waals surface area (Å²) in [6.07, 6.45) is 1.17. The first-order valence-electron chi connectivity index (χ1n) is 1.12. The summed E-state index contributed by atoms with van der Waals surface area (Å²) in [6.45, 7) is 2.09. The van der Waals surface area contributed by atoms with Crippen molar-refractivity contribution in [1.29, 1.82) is 0 Å². The van der Waals surface area contributed by atoms with Crippen LogP contribution >= 0.6 is 9.24 Å². The molecule has 0 aliphatic heterocycles. The largest absolute Gasteiger partial charge is 0.138 e. The van der Waals surface area contributed by atoms with Gasteiger partial charge in [0.05, 0.1) is 0 Å². The fourth-order valence-electron chi connectivity index (χ4n) is 0. The zero-order valence-corrected chi connectivity index (χ0v) is 6.44. The van der Waals surface area contributed by atoms with Crippen molar-refractivity contribution < 1.29 is 0 Å².